The first-order valence-corrected chi connectivity index (χ1v) is 13.2. The molecule has 194 valence electrons. The first-order valence-electron chi connectivity index (χ1n) is 13.2. The molecule has 0 radical (unpaired) electrons. The number of carbonyl (C=O) groups is 1. The maximum Gasteiger partial charge on any atom is 0.336 e. The summed E-state index contributed by atoms with van der Waals surface area (Å²) in [4.78, 5) is 39.1. The van der Waals surface area contributed by atoms with Crippen LogP contribution >= 0.6 is 0 Å². The zero-order valence-electron chi connectivity index (χ0n) is 20.8. The van der Waals surface area contributed by atoms with Gasteiger partial charge in [-0.1, -0.05) is 62.4 Å². The number of aromatic nitrogens is 2. The van der Waals surface area contributed by atoms with Crippen LogP contribution in [-0.4, -0.2) is 26.3 Å². The monoisotopic (exact) mass is 505 g/mol. The summed E-state index contributed by atoms with van der Waals surface area (Å²) in [6.45, 7) is -0.222. The molecule has 0 atom stereocenters. The number of anilines is 1. The van der Waals surface area contributed by atoms with Crippen molar-refractivity contribution in [1.29, 1.82) is 0 Å². The lowest BCUT2D eigenvalue weighted by atomic mass is 9.95. The van der Waals surface area contributed by atoms with E-state index in [0.29, 0.717) is 16.8 Å². The molecular formula is C29H32FN3O4. The third kappa shape index (κ3) is 5.10. The summed E-state index contributed by atoms with van der Waals surface area (Å²) in [7, 11) is 0. The number of hydrogen-bond donors (Lipinski definition) is 2. The van der Waals surface area contributed by atoms with E-state index in [1.807, 2.05) is 0 Å². The van der Waals surface area contributed by atoms with Crippen LogP contribution in [0.4, 0.5) is 10.1 Å². The maximum atomic E-state index is 15.2. The lowest BCUT2D eigenvalue weighted by Crippen LogP contribution is -2.41. The van der Waals surface area contributed by atoms with Crippen molar-refractivity contribution >= 4 is 28.1 Å². The Kier molecular flexibility index (Phi) is 7.26. The SMILES string of the molecule is O=C(O)/C(=C/Cn1c(=O)c2cc(F)c(NC3CCCCC3)cc2n(C2CCCC2)c1=O)c1ccccc1. The average Bonchev–Trinajstić information content (AvgIpc) is 3.43. The van der Waals surface area contributed by atoms with Gasteiger partial charge in [0.2, 0.25) is 0 Å². The minimum absolute atomic E-state index is 0.00220. The highest BCUT2D eigenvalue weighted by Crippen LogP contribution is 2.32. The van der Waals surface area contributed by atoms with Gasteiger partial charge in [-0.05, 0) is 49.5 Å². The molecule has 5 rings (SSSR count). The fraction of sp³-hybridized carbons (Fsp3) is 0.414. The molecule has 7 nitrogen and oxygen atoms in total. The van der Waals surface area contributed by atoms with E-state index in [1.54, 1.807) is 41.0 Å². The van der Waals surface area contributed by atoms with Crippen LogP contribution in [0.3, 0.4) is 0 Å². The van der Waals surface area contributed by atoms with Crippen LogP contribution in [-0.2, 0) is 11.3 Å². The van der Waals surface area contributed by atoms with E-state index in [2.05, 4.69) is 5.32 Å². The van der Waals surface area contributed by atoms with Crippen molar-refractivity contribution in [3.05, 3.63) is 80.8 Å². The van der Waals surface area contributed by atoms with Crippen molar-refractivity contribution in [3.63, 3.8) is 0 Å². The van der Waals surface area contributed by atoms with Gasteiger partial charge in [0.25, 0.3) is 5.56 Å². The molecule has 37 heavy (non-hydrogen) atoms. The number of carboxylic acid groups (broad SMARTS) is 1. The van der Waals surface area contributed by atoms with Crippen molar-refractivity contribution in [3.8, 4) is 0 Å². The van der Waals surface area contributed by atoms with Crippen LogP contribution in [0.15, 0.2) is 58.1 Å². The molecule has 2 fully saturated rings. The van der Waals surface area contributed by atoms with Gasteiger partial charge in [-0.3, -0.25) is 13.9 Å². The number of rotatable bonds is 7. The number of nitrogens with zero attached hydrogens (tertiary/aromatic N) is 2. The van der Waals surface area contributed by atoms with Gasteiger partial charge in [0.1, 0.15) is 5.82 Å². The van der Waals surface area contributed by atoms with Gasteiger partial charge in [-0.2, -0.15) is 0 Å². The number of hydrogen-bond acceptors (Lipinski definition) is 4. The molecule has 0 amide bonds. The number of allylic oxidation sites excluding steroid dienone is 1. The number of fused-ring (bicyclic) bond motifs is 1. The van der Waals surface area contributed by atoms with E-state index >= 15 is 4.39 Å². The first kappa shape index (κ1) is 25.0. The minimum Gasteiger partial charge on any atom is -0.478 e. The molecule has 2 aliphatic rings. The van der Waals surface area contributed by atoms with E-state index in [-0.39, 0.29) is 29.6 Å². The molecule has 8 heteroatoms. The van der Waals surface area contributed by atoms with Crippen molar-refractivity contribution in [2.24, 2.45) is 0 Å². The summed E-state index contributed by atoms with van der Waals surface area (Å²) in [6, 6.07) is 11.5. The van der Waals surface area contributed by atoms with Crippen LogP contribution < -0.4 is 16.6 Å². The van der Waals surface area contributed by atoms with Crippen LogP contribution in [0.25, 0.3) is 16.5 Å². The van der Waals surface area contributed by atoms with Crippen LogP contribution in [0.5, 0.6) is 0 Å². The highest BCUT2D eigenvalue weighted by atomic mass is 19.1. The standard InChI is InChI=1S/C29H32FN3O4/c30-24-17-23-26(18-25(24)31-20-11-5-2-6-12-20)33(21-13-7-8-14-21)29(37)32(27(23)34)16-15-22(28(35)36)19-9-3-1-4-10-19/h1,3-4,9-10,15,17-18,20-21,31H,2,5-8,11-14,16H2,(H,35,36)/b22-15+. The smallest absolute Gasteiger partial charge is 0.336 e. The van der Waals surface area contributed by atoms with E-state index in [9.17, 15) is 19.5 Å². The van der Waals surface area contributed by atoms with Gasteiger partial charge in [0.05, 0.1) is 22.2 Å². The maximum absolute atomic E-state index is 15.2. The molecule has 0 spiro atoms. The molecule has 2 N–H and O–H groups in total. The number of halogens is 1. The highest BCUT2D eigenvalue weighted by molar-refractivity contribution is 6.15. The number of nitrogens with one attached hydrogen (secondary N) is 1. The fourth-order valence-corrected chi connectivity index (χ4v) is 5.78. The summed E-state index contributed by atoms with van der Waals surface area (Å²) in [5.41, 5.74) is 0.116. The lowest BCUT2D eigenvalue weighted by Gasteiger charge is -2.25. The first-order chi connectivity index (χ1) is 17.9. The predicted molar refractivity (Wildman–Crippen MR) is 142 cm³/mol. The van der Waals surface area contributed by atoms with Gasteiger partial charge < -0.3 is 10.4 Å². The van der Waals surface area contributed by atoms with Crippen molar-refractivity contribution in [2.45, 2.75) is 76.4 Å². The van der Waals surface area contributed by atoms with Gasteiger partial charge in [0.15, 0.2) is 0 Å². The number of carboxylic acids is 1. The van der Waals surface area contributed by atoms with Crippen LogP contribution in [0.1, 0.15) is 69.4 Å². The normalized spacial score (nSPS) is 17.4. The van der Waals surface area contributed by atoms with E-state index in [4.69, 9.17) is 0 Å². The summed E-state index contributed by atoms with van der Waals surface area (Å²) in [5.74, 6) is -1.68. The summed E-state index contributed by atoms with van der Waals surface area (Å²) >= 11 is 0. The molecule has 2 aliphatic carbocycles. The van der Waals surface area contributed by atoms with Gasteiger partial charge in [0, 0.05) is 18.6 Å². The molecule has 0 unspecified atom stereocenters. The van der Waals surface area contributed by atoms with E-state index in [1.165, 1.54) is 18.6 Å². The Hall–Kier alpha value is -3.68. The quantitative estimate of drug-likeness (QED) is 0.424. The second-order valence-corrected chi connectivity index (χ2v) is 10.1. The Morgan fingerprint density at radius 2 is 1.68 bits per heavy atom. The molecule has 2 saturated carbocycles. The van der Waals surface area contributed by atoms with Crippen molar-refractivity contribution in [1.82, 2.24) is 9.13 Å². The highest BCUT2D eigenvalue weighted by Gasteiger charge is 2.25. The Morgan fingerprint density at radius 1 is 1.00 bits per heavy atom. The van der Waals surface area contributed by atoms with Crippen LogP contribution in [0, 0.1) is 5.82 Å². The number of aliphatic carboxylic acids is 1. The summed E-state index contributed by atoms with van der Waals surface area (Å²) in [5, 5.41) is 13.2. The minimum atomic E-state index is -1.15. The summed E-state index contributed by atoms with van der Waals surface area (Å²) < 4.78 is 17.9. The molecule has 2 aromatic carbocycles. The Balaban J connectivity index is 1.63. The average molecular weight is 506 g/mol. The largest absolute Gasteiger partial charge is 0.478 e. The van der Waals surface area contributed by atoms with Crippen LogP contribution in [0.2, 0.25) is 0 Å². The van der Waals surface area contributed by atoms with Gasteiger partial charge in [-0.15, -0.1) is 0 Å². The van der Waals surface area contributed by atoms with E-state index in [0.717, 1.165) is 55.9 Å². The predicted octanol–water partition coefficient (Wildman–Crippen LogP) is 5.33. The zero-order chi connectivity index (χ0) is 25.9. The molecule has 0 saturated heterocycles. The number of benzene rings is 2. The zero-order valence-corrected chi connectivity index (χ0v) is 20.8. The van der Waals surface area contributed by atoms with Crippen molar-refractivity contribution < 1.29 is 14.3 Å². The second-order valence-electron chi connectivity index (χ2n) is 10.1. The fourth-order valence-electron chi connectivity index (χ4n) is 5.78. The molecular weight excluding hydrogens is 473 g/mol. The summed E-state index contributed by atoms with van der Waals surface area (Å²) in [6.07, 6.45) is 10.2. The molecule has 1 heterocycles. The Labute approximate surface area is 214 Å². The van der Waals surface area contributed by atoms with Gasteiger partial charge in [-0.25, -0.2) is 14.0 Å². The Bertz CT molecular complexity index is 1450. The van der Waals surface area contributed by atoms with Crippen molar-refractivity contribution in [2.75, 3.05) is 5.32 Å². The Morgan fingerprint density at radius 3 is 2.35 bits per heavy atom. The molecule has 0 bridgehead atoms. The third-order valence-corrected chi connectivity index (χ3v) is 7.71. The third-order valence-electron chi connectivity index (χ3n) is 7.71. The molecule has 3 aromatic rings. The lowest BCUT2D eigenvalue weighted by molar-refractivity contribution is -0.130. The second kappa shape index (κ2) is 10.7. The van der Waals surface area contributed by atoms with E-state index < -0.39 is 23.0 Å². The molecule has 1 aromatic heterocycles. The topological polar surface area (TPSA) is 93.3 Å². The van der Waals surface area contributed by atoms with Gasteiger partial charge >= 0.3 is 11.7 Å². The molecule has 0 aliphatic heterocycles.